The van der Waals surface area contributed by atoms with Crippen LogP contribution in [0.5, 0.6) is 0 Å². The topological polar surface area (TPSA) is 12.0 Å². The Labute approximate surface area is 127 Å². The van der Waals surface area contributed by atoms with Gasteiger partial charge in [0, 0.05) is 17.6 Å². The van der Waals surface area contributed by atoms with Gasteiger partial charge in [-0.15, -0.1) is 0 Å². The van der Waals surface area contributed by atoms with Crippen molar-refractivity contribution in [1.29, 1.82) is 0 Å². The summed E-state index contributed by atoms with van der Waals surface area (Å²) in [4.78, 5) is 0. The van der Waals surface area contributed by atoms with Crippen LogP contribution in [0, 0.1) is 20.8 Å². The SMILES string of the molecule is Cc1cc(C)c(CN[C@@H](C)c2ccccc2Cl)c(C)c1. The second kappa shape index (κ2) is 6.43. The van der Waals surface area contributed by atoms with Crippen LogP contribution < -0.4 is 5.32 Å². The van der Waals surface area contributed by atoms with Gasteiger partial charge in [0.25, 0.3) is 0 Å². The third-order valence-electron chi connectivity index (χ3n) is 3.80. The van der Waals surface area contributed by atoms with E-state index in [0.29, 0.717) is 0 Å². The van der Waals surface area contributed by atoms with Gasteiger partial charge in [-0.25, -0.2) is 0 Å². The molecule has 0 saturated heterocycles. The van der Waals surface area contributed by atoms with Crippen molar-refractivity contribution < 1.29 is 0 Å². The molecule has 1 nitrogen and oxygen atoms in total. The fraction of sp³-hybridized carbons (Fsp3) is 0.333. The zero-order valence-electron chi connectivity index (χ0n) is 12.6. The molecule has 0 aliphatic carbocycles. The van der Waals surface area contributed by atoms with Gasteiger partial charge in [0.15, 0.2) is 0 Å². The number of benzene rings is 2. The average molecular weight is 288 g/mol. The minimum Gasteiger partial charge on any atom is -0.306 e. The Morgan fingerprint density at radius 3 is 2.25 bits per heavy atom. The monoisotopic (exact) mass is 287 g/mol. The Morgan fingerprint density at radius 1 is 1.05 bits per heavy atom. The van der Waals surface area contributed by atoms with E-state index in [-0.39, 0.29) is 6.04 Å². The standard InChI is InChI=1S/C18H22ClN/c1-12-9-13(2)17(14(3)10-12)11-20-15(4)16-7-5-6-8-18(16)19/h5-10,15,20H,11H2,1-4H3/t15-/m0/s1. The van der Waals surface area contributed by atoms with E-state index in [1.807, 2.05) is 18.2 Å². The molecular weight excluding hydrogens is 266 g/mol. The summed E-state index contributed by atoms with van der Waals surface area (Å²) < 4.78 is 0. The molecule has 0 bridgehead atoms. The molecule has 2 aromatic carbocycles. The molecule has 0 spiro atoms. The van der Waals surface area contributed by atoms with Gasteiger partial charge in [0.05, 0.1) is 0 Å². The Morgan fingerprint density at radius 2 is 1.65 bits per heavy atom. The van der Waals surface area contributed by atoms with E-state index in [1.54, 1.807) is 0 Å². The minimum absolute atomic E-state index is 0.240. The summed E-state index contributed by atoms with van der Waals surface area (Å²) in [6, 6.07) is 12.7. The van der Waals surface area contributed by atoms with Crippen LogP contribution in [-0.4, -0.2) is 0 Å². The fourth-order valence-corrected chi connectivity index (χ4v) is 2.98. The van der Waals surface area contributed by atoms with Crippen molar-refractivity contribution in [3.8, 4) is 0 Å². The summed E-state index contributed by atoms with van der Waals surface area (Å²) >= 11 is 6.24. The molecule has 0 unspecified atom stereocenters. The maximum absolute atomic E-state index is 6.24. The maximum Gasteiger partial charge on any atom is 0.0453 e. The van der Waals surface area contributed by atoms with Crippen molar-refractivity contribution >= 4 is 11.6 Å². The Kier molecular flexibility index (Phi) is 4.85. The highest BCUT2D eigenvalue weighted by atomic mass is 35.5. The van der Waals surface area contributed by atoms with Crippen LogP contribution in [0.4, 0.5) is 0 Å². The third kappa shape index (κ3) is 3.41. The van der Waals surface area contributed by atoms with Gasteiger partial charge in [-0.05, 0) is 56.0 Å². The van der Waals surface area contributed by atoms with Crippen molar-refractivity contribution in [3.05, 3.63) is 69.2 Å². The number of nitrogens with one attached hydrogen (secondary N) is 1. The van der Waals surface area contributed by atoms with Crippen LogP contribution >= 0.6 is 11.6 Å². The minimum atomic E-state index is 0.240. The summed E-state index contributed by atoms with van der Waals surface area (Å²) in [5, 5.41) is 4.40. The number of hydrogen-bond acceptors (Lipinski definition) is 1. The molecule has 0 amide bonds. The Bertz CT molecular complexity index is 581. The molecule has 2 rings (SSSR count). The van der Waals surface area contributed by atoms with Gasteiger partial charge in [-0.3, -0.25) is 0 Å². The maximum atomic E-state index is 6.24. The highest BCUT2D eigenvalue weighted by Gasteiger charge is 2.10. The lowest BCUT2D eigenvalue weighted by Gasteiger charge is -2.18. The summed E-state index contributed by atoms with van der Waals surface area (Å²) in [6.45, 7) is 9.52. The Balaban J connectivity index is 2.12. The van der Waals surface area contributed by atoms with Crippen molar-refractivity contribution in [1.82, 2.24) is 5.32 Å². The van der Waals surface area contributed by atoms with E-state index in [2.05, 4.69) is 51.2 Å². The number of hydrogen-bond donors (Lipinski definition) is 1. The van der Waals surface area contributed by atoms with Crippen LogP contribution in [0.15, 0.2) is 36.4 Å². The van der Waals surface area contributed by atoms with E-state index in [0.717, 1.165) is 17.1 Å². The second-order valence-corrected chi connectivity index (χ2v) is 5.91. The van der Waals surface area contributed by atoms with E-state index < -0.39 is 0 Å². The van der Waals surface area contributed by atoms with Crippen LogP contribution in [0.25, 0.3) is 0 Å². The zero-order valence-corrected chi connectivity index (χ0v) is 13.4. The molecule has 0 heterocycles. The molecule has 0 aromatic heterocycles. The molecule has 20 heavy (non-hydrogen) atoms. The molecule has 0 aliphatic rings. The van der Waals surface area contributed by atoms with Crippen LogP contribution in [0.1, 0.15) is 40.8 Å². The van der Waals surface area contributed by atoms with E-state index in [1.165, 1.54) is 22.3 Å². The highest BCUT2D eigenvalue weighted by Crippen LogP contribution is 2.23. The van der Waals surface area contributed by atoms with E-state index >= 15 is 0 Å². The number of halogens is 1. The first-order valence-corrected chi connectivity index (χ1v) is 7.41. The molecule has 0 fully saturated rings. The first-order valence-electron chi connectivity index (χ1n) is 7.03. The van der Waals surface area contributed by atoms with Crippen LogP contribution in [0.3, 0.4) is 0 Å². The average Bonchev–Trinajstić information content (AvgIpc) is 2.37. The zero-order chi connectivity index (χ0) is 14.7. The van der Waals surface area contributed by atoms with Gasteiger partial charge < -0.3 is 5.32 Å². The van der Waals surface area contributed by atoms with Gasteiger partial charge >= 0.3 is 0 Å². The van der Waals surface area contributed by atoms with Crippen molar-refractivity contribution in [2.24, 2.45) is 0 Å². The summed E-state index contributed by atoms with van der Waals surface area (Å²) in [7, 11) is 0. The summed E-state index contributed by atoms with van der Waals surface area (Å²) in [6.07, 6.45) is 0. The second-order valence-electron chi connectivity index (χ2n) is 5.50. The van der Waals surface area contributed by atoms with Crippen LogP contribution in [0.2, 0.25) is 5.02 Å². The molecule has 1 atom stereocenters. The number of aryl methyl sites for hydroxylation is 3. The van der Waals surface area contributed by atoms with Crippen molar-refractivity contribution in [3.63, 3.8) is 0 Å². The highest BCUT2D eigenvalue weighted by molar-refractivity contribution is 6.31. The van der Waals surface area contributed by atoms with Crippen molar-refractivity contribution in [2.75, 3.05) is 0 Å². The van der Waals surface area contributed by atoms with Gasteiger partial charge in [-0.2, -0.15) is 0 Å². The number of rotatable bonds is 4. The molecule has 2 aromatic rings. The molecule has 0 aliphatic heterocycles. The molecule has 0 radical (unpaired) electrons. The lowest BCUT2D eigenvalue weighted by molar-refractivity contribution is 0.572. The fourth-order valence-electron chi connectivity index (χ4n) is 2.68. The summed E-state index contributed by atoms with van der Waals surface area (Å²) in [5.41, 5.74) is 6.55. The quantitative estimate of drug-likeness (QED) is 0.823. The first-order chi connectivity index (χ1) is 9.49. The normalized spacial score (nSPS) is 12.4. The van der Waals surface area contributed by atoms with E-state index in [4.69, 9.17) is 11.6 Å². The van der Waals surface area contributed by atoms with Gasteiger partial charge in [0.2, 0.25) is 0 Å². The first kappa shape index (κ1) is 15.1. The lowest BCUT2D eigenvalue weighted by atomic mass is 9.99. The van der Waals surface area contributed by atoms with Crippen molar-refractivity contribution in [2.45, 2.75) is 40.3 Å². The van der Waals surface area contributed by atoms with Gasteiger partial charge in [0.1, 0.15) is 0 Å². The molecule has 1 N–H and O–H groups in total. The molecular formula is C18H22ClN. The summed E-state index contributed by atoms with van der Waals surface area (Å²) in [5.74, 6) is 0. The lowest BCUT2D eigenvalue weighted by Crippen LogP contribution is -2.19. The molecule has 0 saturated carbocycles. The predicted octanol–water partition coefficient (Wildman–Crippen LogP) is 5.12. The van der Waals surface area contributed by atoms with E-state index in [9.17, 15) is 0 Å². The van der Waals surface area contributed by atoms with Crippen LogP contribution in [-0.2, 0) is 6.54 Å². The molecule has 2 heteroatoms. The molecule has 106 valence electrons. The van der Waals surface area contributed by atoms with Gasteiger partial charge in [-0.1, -0.05) is 47.5 Å². The third-order valence-corrected chi connectivity index (χ3v) is 4.14. The predicted molar refractivity (Wildman–Crippen MR) is 87.4 cm³/mol. The smallest absolute Gasteiger partial charge is 0.0453 e. The Hall–Kier alpha value is -1.31. The largest absolute Gasteiger partial charge is 0.306 e.